The lowest BCUT2D eigenvalue weighted by atomic mass is 10.1. The molecular formula is C13H15N3O. The quantitative estimate of drug-likeness (QED) is 0.840. The second-order valence-corrected chi connectivity index (χ2v) is 4.21. The van der Waals surface area contributed by atoms with E-state index in [4.69, 9.17) is 4.74 Å². The van der Waals surface area contributed by atoms with Crippen LogP contribution in [0.3, 0.4) is 0 Å². The maximum atomic E-state index is 5.75. The van der Waals surface area contributed by atoms with Gasteiger partial charge in [-0.3, -0.25) is 5.10 Å². The van der Waals surface area contributed by atoms with Crippen molar-refractivity contribution in [2.45, 2.75) is 19.3 Å². The fourth-order valence-electron chi connectivity index (χ4n) is 2.15. The minimum absolute atomic E-state index is 0.175. The average Bonchev–Trinajstić information content (AvgIpc) is 2.99. The van der Waals surface area contributed by atoms with Crippen molar-refractivity contribution >= 4 is 0 Å². The number of hydrogen-bond donors (Lipinski definition) is 2. The summed E-state index contributed by atoms with van der Waals surface area (Å²) in [5.41, 5.74) is 3.71. The van der Waals surface area contributed by atoms with Crippen LogP contribution < -0.4 is 5.32 Å². The molecule has 2 heterocycles. The van der Waals surface area contributed by atoms with Crippen LogP contribution in [0.5, 0.6) is 0 Å². The van der Waals surface area contributed by atoms with E-state index in [1.807, 2.05) is 6.07 Å². The summed E-state index contributed by atoms with van der Waals surface area (Å²) < 4.78 is 5.75. The normalized spacial score (nSPS) is 18.2. The SMILES string of the molecule is c1ccc2c(c1)COC2CNCc1ccn[nH]1. The van der Waals surface area contributed by atoms with Crippen LogP contribution in [-0.4, -0.2) is 16.7 Å². The molecule has 0 radical (unpaired) electrons. The molecule has 1 atom stereocenters. The highest BCUT2D eigenvalue weighted by Crippen LogP contribution is 2.29. The molecule has 0 amide bonds. The van der Waals surface area contributed by atoms with E-state index in [9.17, 15) is 0 Å². The van der Waals surface area contributed by atoms with Crippen molar-refractivity contribution in [2.75, 3.05) is 6.54 Å². The van der Waals surface area contributed by atoms with E-state index in [0.29, 0.717) is 0 Å². The second-order valence-electron chi connectivity index (χ2n) is 4.21. The van der Waals surface area contributed by atoms with Crippen LogP contribution in [0, 0.1) is 0 Å². The maximum absolute atomic E-state index is 5.75. The van der Waals surface area contributed by atoms with E-state index in [1.165, 1.54) is 11.1 Å². The van der Waals surface area contributed by atoms with Crippen LogP contribution in [0.15, 0.2) is 36.5 Å². The van der Waals surface area contributed by atoms with E-state index >= 15 is 0 Å². The van der Waals surface area contributed by atoms with Gasteiger partial charge in [0.25, 0.3) is 0 Å². The summed E-state index contributed by atoms with van der Waals surface area (Å²) in [7, 11) is 0. The monoisotopic (exact) mass is 229 g/mol. The Hall–Kier alpha value is -1.65. The smallest absolute Gasteiger partial charge is 0.0957 e. The number of rotatable bonds is 4. The zero-order chi connectivity index (χ0) is 11.5. The fraction of sp³-hybridized carbons (Fsp3) is 0.308. The van der Waals surface area contributed by atoms with Gasteiger partial charge in [0.15, 0.2) is 0 Å². The number of benzene rings is 1. The van der Waals surface area contributed by atoms with Gasteiger partial charge in [0, 0.05) is 25.0 Å². The van der Waals surface area contributed by atoms with Gasteiger partial charge in [-0.25, -0.2) is 0 Å². The maximum Gasteiger partial charge on any atom is 0.0957 e. The van der Waals surface area contributed by atoms with E-state index in [0.717, 1.165) is 25.4 Å². The number of H-pyrrole nitrogens is 1. The Balaban J connectivity index is 1.57. The zero-order valence-corrected chi connectivity index (χ0v) is 9.52. The Morgan fingerprint density at radius 2 is 2.29 bits per heavy atom. The van der Waals surface area contributed by atoms with Crippen molar-refractivity contribution < 1.29 is 4.74 Å². The Morgan fingerprint density at radius 1 is 1.35 bits per heavy atom. The molecule has 1 aromatic heterocycles. The molecule has 0 spiro atoms. The molecule has 0 aliphatic carbocycles. The molecule has 2 aromatic rings. The van der Waals surface area contributed by atoms with E-state index in [1.54, 1.807) is 6.20 Å². The van der Waals surface area contributed by atoms with Gasteiger partial charge in [-0.15, -0.1) is 0 Å². The van der Waals surface area contributed by atoms with Crippen LogP contribution in [0.25, 0.3) is 0 Å². The molecule has 88 valence electrons. The first-order valence-corrected chi connectivity index (χ1v) is 5.82. The molecule has 1 aromatic carbocycles. The highest BCUT2D eigenvalue weighted by Gasteiger charge is 2.21. The molecular weight excluding hydrogens is 214 g/mol. The van der Waals surface area contributed by atoms with Gasteiger partial charge >= 0.3 is 0 Å². The highest BCUT2D eigenvalue weighted by atomic mass is 16.5. The number of aromatic nitrogens is 2. The molecule has 17 heavy (non-hydrogen) atoms. The van der Waals surface area contributed by atoms with E-state index < -0.39 is 0 Å². The van der Waals surface area contributed by atoms with Crippen molar-refractivity contribution in [3.05, 3.63) is 53.3 Å². The third-order valence-electron chi connectivity index (χ3n) is 3.05. The third kappa shape index (κ3) is 2.23. The average molecular weight is 229 g/mol. The van der Waals surface area contributed by atoms with Crippen LogP contribution in [-0.2, 0) is 17.9 Å². The van der Waals surface area contributed by atoms with Gasteiger partial charge in [0.05, 0.1) is 12.7 Å². The lowest BCUT2D eigenvalue weighted by Gasteiger charge is -2.11. The van der Waals surface area contributed by atoms with Crippen LogP contribution in [0.1, 0.15) is 22.9 Å². The zero-order valence-electron chi connectivity index (χ0n) is 9.52. The summed E-state index contributed by atoms with van der Waals surface area (Å²) in [6.07, 6.45) is 1.94. The van der Waals surface area contributed by atoms with Gasteiger partial charge in [-0.1, -0.05) is 24.3 Å². The molecule has 2 N–H and O–H groups in total. The predicted octanol–water partition coefficient (Wildman–Crippen LogP) is 1.77. The lowest BCUT2D eigenvalue weighted by Crippen LogP contribution is -2.21. The highest BCUT2D eigenvalue weighted by molar-refractivity contribution is 5.31. The molecule has 1 unspecified atom stereocenters. The molecule has 1 aliphatic rings. The van der Waals surface area contributed by atoms with Gasteiger partial charge in [0.1, 0.15) is 0 Å². The Labute approximate surface area is 100 Å². The van der Waals surface area contributed by atoms with Crippen LogP contribution >= 0.6 is 0 Å². The molecule has 4 nitrogen and oxygen atoms in total. The first kappa shape index (κ1) is 10.5. The molecule has 3 rings (SSSR count). The molecule has 1 aliphatic heterocycles. The molecule has 0 fully saturated rings. The number of hydrogen-bond acceptors (Lipinski definition) is 3. The van der Waals surface area contributed by atoms with Crippen LogP contribution in [0.4, 0.5) is 0 Å². The van der Waals surface area contributed by atoms with Gasteiger partial charge in [-0.05, 0) is 17.2 Å². The first-order valence-electron chi connectivity index (χ1n) is 5.82. The van der Waals surface area contributed by atoms with Crippen LogP contribution in [0.2, 0.25) is 0 Å². The molecule has 0 bridgehead atoms. The predicted molar refractivity (Wildman–Crippen MR) is 64.3 cm³/mol. The number of nitrogens with one attached hydrogen (secondary N) is 2. The molecule has 0 saturated heterocycles. The van der Waals surface area contributed by atoms with Gasteiger partial charge in [-0.2, -0.15) is 5.10 Å². The Kier molecular flexibility index (Phi) is 2.90. The van der Waals surface area contributed by atoms with E-state index in [-0.39, 0.29) is 6.10 Å². The van der Waals surface area contributed by atoms with Crippen molar-refractivity contribution in [1.82, 2.24) is 15.5 Å². The van der Waals surface area contributed by atoms with Gasteiger partial charge in [0.2, 0.25) is 0 Å². The minimum atomic E-state index is 0.175. The summed E-state index contributed by atoms with van der Waals surface area (Å²) in [5, 5.41) is 10.2. The van der Waals surface area contributed by atoms with Crippen molar-refractivity contribution in [2.24, 2.45) is 0 Å². The summed E-state index contributed by atoms with van der Waals surface area (Å²) in [5.74, 6) is 0. The summed E-state index contributed by atoms with van der Waals surface area (Å²) in [6, 6.07) is 10.4. The number of nitrogens with zero attached hydrogens (tertiary/aromatic N) is 1. The molecule has 0 saturated carbocycles. The van der Waals surface area contributed by atoms with Crippen molar-refractivity contribution in [1.29, 1.82) is 0 Å². The summed E-state index contributed by atoms with van der Waals surface area (Å²) in [4.78, 5) is 0. The standard InChI is InChI=1S/C13H15N3O/c1-2-4-12-10(3-1)9-17-13(12)8-14-7-11-5-6-15-16-11/h1-6,13-14H,7-9H2,(H,15,16). The Morgan fingerprint density at radius 3 is 3.18 bits per heavy atom. The fourth-order valence-corrected chi connectivity index (χ4v) is 2.15. The van der Waals surface area contributed by atoms with Crippen molar-refractivity contribution in [3.63, 3.8) is 0 Å². The largest absolute Gasteiger partial charge is 0.367 e. The van der Waals surface area contributed by atoms with E-state index in [2.05, 4.69) is 39.8 Å². The van der Waals surface area contributed by atoms with Gasteiger partial charge < -0.3 is 10.1 Å². The summed E-state index contributed by atoms with van der Waals surface area (Å²) in [6.45, 7) is 2.35. The number of fused-ring (bicyclic) bond motifs is 1. The third-order valence-corrected chi connectivity index (χ3v) is 3.05. The van der Waals surface area contributed by atoms with Crippen molar-refractivity contribution in [3.8, 4) is 0 Å². The molecule has 4 heteroatoms. The number of ether oxygens (including phenoxy) is 1. The first-order chi connectivity index (χ1) is 8.43. The minimum Gasteiger partial charge on any atom is -0.367 e. The topological polar surface area (TPSA) is 49.9 Å². The summed E-state index contributed by atoms with van der Waals surface area (Å²) >= 11 is 0. The second kappa shape index (κ2) is 4.69. The number of aromatic amines is 1. The Bertz CT molecular complexity index is 481. The lowest BCUT2D eigenvalue weighted by molar-refractivity contribution is 0.0657.